The number of rotatable bonds is 5. The van der Waals surface area contributed by atoms with Gasteiger partial charge in [-0.3, -0.25) is 4.79 Å². The molecule has 2 aliphatic carbocycles. The van der Waals surface area contributed by atoms with Crippen LogP contribution in [0.3, 0.4) is 0 Å². The Kier molecular flexibility index (Phi) is 4.19. The van der Waals surface area contributed by atoms with Gasteiger partial charge in [-0.1, -0.05) is 0 Å². The third-order valence-corrected chi connectivity index (χ3v) is 5.00. The maximum atomic E-state index is 11.8. The molecule has 0 saturated heterocycles. The standard InChI is InChI=1S/C11H18N2O6S/c1-2-19-11(16)13-20(17,18)12-9-7-4-3-6(5-7)8(9)10(14)15/h6-9,12H,2-5H2,1H3,(H,13,16)(H,14,15). The second-order valence-corrected chi connectivity index (χ2v) is 6.61. The van der Waals surface area contributed by atoms with E-state index in [4.69, 9.17) is 0 Å². The lowest BCUT2D eigenvalue weighted by atomic mass is 9.85. The zero-order valence-electron chi connectivity index (χ0n) is 11.0. The van der Waals surface area contributed by atoms with Crippen molar-refractivity contribution >= 4 is 22.3 Å². The van der Waals surface area contributed by atoms with E-state index in [2.05, 4.69) is 9.46 Å². The van der Waals surface area contributed by atoms with Crippen molar-refractivity contribution in [2.75, 3.05) is 6.61 Å². The molecule has 0 aliphatic heterocycles. The van der Waals surface area contributed by atoms with Gasteiger partial charge in [0.1, 0.15) is 0 Å². The van der Waals surface area contributed by atoms with E-state index in [0.717, 1.165) is 12.8 Å². The minimum Gasteiger partial charge on any atom is -0.481 e. The predicted octanol–water partition coefficient (Wildman–Crippen LogP) is 0.0662. The normalized spacial score (nSPS) is 32.0. The molecule has 4 atom stereocenters. The molecule has 0 aromatic carbocycles. The van der Waals surface area contributed by atoms with E-state index in [1.54, 1.807) is 11.6 Å². The van der Waals surface area contributed by atoms with E-state index in [-0.39, 0.29) is 18.4 Å². The average Bonchev–Trinajstić information content (AvgIpc) is 2.87. The van der Waals surface area contributed by atoms with Gasteiger partial charge in [-0.2, -0.15) is 13.1 Å². The first-order chi connectivity index (χ1) is 9.34. The van der Waals surface area contributed by atoms with Crippen molar-refractivity contribution in [3.05, 3.63) is 0 Å². The first-order valence-electron chi connectivity index (χ1n) is 6.53. The molecule has 2 saturated carbocycles. The van der Waals surface area contributed by atoms with Crippen LogP contribution < -0.4 is 9.44 Å². The Bertz CT molecular complexity index is 505. The summed E-state index contributed by atoms with van der Waals surface area (Å²) < 4.78 is 32.1. The molecule has 0 heterocycles. The van der Waals surface area contributed by atoms with E-state index >= 15 is 0 Å². The molecule has 4 unspecified atom stereocenters. The van der Waals surface area contributed by atoms with Gasteiger partial charge in [0.05, 0.1) is 12.5 Å². The monoisotopic (exact) mass is 306 g/mol. The molecule has 0 radical (unpaired) electrons. The zero-order valence-corrected chi connectivity index (χ0v) is 11.9. The van der Waals surface area contributed by atoms with Crippen LogP contribution in [0.2, 0.25) is 0 Å². The molecule has 114 valence electrons. The Hall–Kier alpha value is -1.35. The SMILES string of the molecule is CCOC(=O)NS(=O)(=O)NC1C2CCC(C2)C1C(=O)O. The summed E-state index contributed by atoms with van der Waals surface area (Å²) in [6.45, 7) is 1.60. The van der Waals surface area contributed by atoms with Gasteiger partial charge in [0.25, 0.3) is 0 Å². The van der Waals surface area contributed by atoms with Crippen LogP contribution in [0.25, 0.3) is 0 Å². The van der Waals surface area contributed by atoms with E-state index in [0.29, 0.717) is 6.42 Å². The number of nitrogens with one attached hydrogen (secondary N) is 2. The number of carboxylic acid groups (broad SMARTS) is 1. The maximum absolute atomic E-state index is 11.8. The molecular formula is C11H18N2O6S. The number of fused-ring (bicyclic) bond motifs is 2. The second kappa shape index (κ2) is 5.57. The van der Waals surface area contributed by atoms with E-state index in [9.17, 15) is 23.1 Å². The smallest absolute Gasteiger partial charge is 0.421 e. The van der Waals surface area contributed by atoms with E-state index in [1.165, 1.54) is 0 Å². The zero-order chi connectivity index (χ0) is 14.9. The Balaban J connectivity index is 2.04. The molecule has 9 heteroatoms. The van der Waals surface area contributed by atoms with Crippen molar-refractivity contribution in [2.45, 2.75) is 32.2 Å². The molecule has 3 N–H and O–H groups in total. The van der Waals surface area contributed by atoms with Crippen LogP contribution in [0.5, 0.6) is 0 Å². The number of aliphatic carboxylic acids is 1. The topological polar surface area (TPSA) is 122 Å². The quantitative estimate of drug-likeness (QED) is 0.660. The fourth-order valence-electron chi connectivity index (χ4n) is 3.30. The number of ether oxygens (including phenoxy) is 1. The second-order valence-electron chi connectivity index (χ2n) is 5.17. The highest BCUT2D eigenvalue weighted by atomic mass is 32.2. The van der Waals surface area contributed by atoms with Gasteiger partial charge in [0.15, 0.2) is 0 Å². The average molecular weight is 306 g/mol. The molecule has 2 rings (SSSR count). The van der Waals surface area contributed by atoms with Crippen LogP contribution in [-0.4, -0.2) is 38.2 Å². The fraction of sp³-hybridized carbons (Fsp3) is 0.818. The molecular weight excluding hydrogens is 288 g/mol. The van der Waals surface area contributed by atoms with Crippen molar-refractivity contribution in [2.24, 2.45) is 17.8 Å². The van der Waals surface area contributed by atoms with Gasteiger partial charge in [-0.05, 0) is 38.0 Å². The lowest BCUT2D eigenvalue weighted by Gasteiger charge is -2.28. The Morgan fingerprint density at radius 2 is 1.95 bits per heavy atom. The molecule has 8 nitrogen and oxygen atoms in total. The molecule has 2 bridgehead atoms. The Labute approximate surface area is 117 Å². The predicted molar refractivity (Wildman–Crippen MR) is 68.0 cm³/mol. The highest BCUT2D eigenvalue weighted by Gasteiger charge is 2.52. The summed E-state index contributed by atoms with van der Waals surface area (Å²) in [5, 5.41) is 9.22. The fourth-order valence-corrected chi connectivity index (χ4v) is 4.33. The van der Waals surface area contributed by atoms with Gasteiger partial charge in [-0.15, -0.1) is 0 Å². The van der Waals surface area contributed by atoms with Crippen molar-refractivity contribution in [3.63, 3.8) is 0 Å². The number of amides is 1. The van der Waals surface area contributed by atoms with Crippen LogP contribution in [-0.2, 0) is 19.7 Å². The minimum absolute atomic E-state index is 0.00722. The summed E-state index contributed by atoms with van der Waals surface area (Å²) in [7, 11) is -4.11. The summed E-state index contributed by atoms with van der Waals surface area (Å²) in [6, 6.07) is -0.668. The van der Waals surface area contributed by atoms with Gasteiger partial charge in [0.2, 0.25) is 0 Å². The molecule has 20 heavy (non-hydrogen) atoms. The van der Waals surface area contributed by atoms with Crippen molar-refractivity contribution in [3.8, 4) is 0 Å². The molecule has 1 amide bonds. The van der Waals surface area contributed by atoms with Crippen molar-refractivity contribution < 1.29 is 27.9 Å². The molecule has 0 spiro atoms. The number of carbonyl (C=O) groups is 2. The molecule has 2 fully saturated rings. The van der Waals surface area contributed by atoms with Crippen LogP contribution >= 0.6 is 0 Å². The lowest BCUT2D eigenvalue weighted by molar-refractivity contribution is -0.144. The minimum atomic E-state index is -4.11. The first-order valence-corrected chi connectivity index (χ1v) is 8.02. The first kappa shape index (κ1) is 15.0. The van der Waals surface area contributed by atoms with Crippen LogP contribution in [0.1, 0.15) is 26.2 Å². The summed E-state index contributed by atoms with van der Waals surface area (Å²) in [6.07, 6.45) is 1.26. The summed E-state index contributed by atoms with van der Waals surface area (Å²) in [5.41, 5.74) is 0. The summed E-state index contributed by atoms with van der Waals surface area (Å²) in [5.74, 6) is -1.71. The summed E-state index contributed by atoms with van der Waals surface area (Å²) >= 11 is 0. The number of carbonyl (C=O) groups excluding carboxylic acids is 1. The third-order valence-electron chi connectivity index (χ3n) is 3.99. The molecule has 2 aliphatic rings. The number of hydrogen-bond donors (Lipinski definition) is 3. The maximum Gasteiger partial charge on any atom is 0.421 e. The van der Waals surface area contributed by atoms with E-state index in [1.807, 2.05) is 0 Å². The Morgan fingerprint density at radius 1 is 1.30 bits per heavy atom. The van der Waals surface area contributed by atoms with Crippen molar-refractivity contribution in [1.82, 2.24) is 9.44 Å². The lowest BCUT2D eigenvalue weighted by Crippen LogP contribution is -2.51. The van der Waals surface area contributed by atoms with Gasteiger partial charge < -0.3 is 9.84 Å². The third kappa shape index (κ3) is 3.04. The summed E-state index contributed by atoms with van der Waals surface area (Å²) in [4.78, 5) is 22.4. The largest absolute Gasteiger partial charge is 0.481 e. The number of hydrogen-bond acceptors (Lipinski definition) is 5. The number of carboxylic acids is 1. The van der Waals surface area contributed by atoms with Crippen molar-refractivity contribution in [1.29, 1.82) is 0 Å². The molecule has 0 aromatic rings. The van der Waals surface area contributed by atoms with Gasteiger partial charge >= 0.3 is 22.3 Å². The van der Waals surface area contributed by atoms with Gasteiger partial charge in [0, 0.05) is 6.04 Å². The van der Waals surface area contributed by atoms with Crippen LogP contribution in [0, 0.1) is 17.8 Å². The molecule has 0 aromatic heterocycles. The van der Waals surface area contributed by atoms with Crippen LogP contribution in [0.15, 0.2) is 0 Å². The highest BCUT2D eigenvalue weighted by molar-refractivity contribution is 7.88. The highest BCUT2D eigenvalue weighted by Crippen LogP contribution is 2.48. The Morgan fingerprint density at radius 3 is 2.55 bits per heavy atom. The van der Waals surface area contributed by atoms with E-state index < -0.39 is 34.2 Å². The van der Waals surface area contributed by atoms with Crippen LogP contribution in [0.4, 0.5) is 4.79 Å². The van der Waals surface area contributed by atoms with Gasteiger partial charge in [-0.25, -0.2) is 9.52 Å².